The molecule has 25 heavy (non-hydrogen) atoms. The largest absolute Gasteiger partial charge is 0.496 e. The second kappa shape index (κ2) is 8.62. The van der Waals surface area contributed by atoms with E-state index in [9.17, 15) is 9.59 Å². The molecule has 0 atom stereocenters. The van der Waals surface area contributed by atoms with Crippen LogP contribution in [0.25, 0.3) is 11.3 Å². The van der Waals surface area contributed by atoms with Crippen molar-refractivity contribution in [3.8, 4) is 17.0 Å². The van der Waals surface area contributed by atoms with E-state index in [1.807, 2.05) is 24.3 Å². The molecule has 0 aliphatic heterocycles. The van der Waals surface area contributed by atoms with Crippen LogP contribution in [-0.4, -0.2) is 54.2 Å². The summed E-state index contributed by atoms with van der Waals surface area (Å²) < 4.78 is 10.1. The number of likely N-dealkylation sites (N-methyl/N-ethyl adjacent to an activating group) is 1. The molecule has 8 nitrogen and oxygen atoms in total. The molecule has 0 bridgehead atoms. The summed E-state index contributed by atoms with van der Waals surface area (Å²) in [6.07, 6.45) is 1.35. The fourth-order valence-corrected chi connectivity index (χ4v) is 2.11. The molecule has 0 fully saturated rings. The lowest BCUT2D eigenvalue weighted by molar-refractivity contribution is -0.143. The van der Waals surface area contributed by atoms with E-state index in [-0.39, 0.29) is 13.2 Å². The van der Waals surface area contributed by atoms with Gasteiger partial charge in [-0.3, -0.25) is 10.1 Å². The molecule has 0 aliphatic rings. The summed E-state index contributed by atoms with van der Waals surface area (Å²) in [5.41, 5.74) is 1.39. The number of urea groups is 1. The van der Waals surface area contributed by atoms with E-state index < -0.39 is 12.0 Å². The van der Waals surface area contributed by atoms with Crippen molar-refractivity contribution in [1.82, 2.24) is 14.9 Å². The highest BCUT2D eigenvalue weighted by Gasteiger charge is 2.15. The number of nitrogens with one attached hydrogen (secondary N) is 1. The fraction of sp³-hybridized carbons (Fsp3) is 0.294. The van der Waals surface area contributed by atoms with Gasteiger partial charge in [0.1, 0.15) is 24.4 Å². The van der Waals surface area contributed by atoms with Gasteiger partial charge in [0.05, 0.1) is 19.4 Å². The lowest BCUT2D eigenvalue weighted by Gasteiger charge is -2.16. The van der Waals surface area contributed by atoms with Gasteiger partial charge in [-0.1, -0.05) is 12.1 Å². The number of hydrogen-bond acceptors (Lipinski definition) is 6. The predicted octanol–water partition coefficient (Wildman–Crippen LogP) is 2.18. The summed E-state index contributed by atoms with van der Waals surface area (Å²) in [7, 11) is 3.07. The van der Waals surface area contributed by atoms with Crippen molar-refractivity contribution in [2.45, 2.75) is 6.92 Å². The Morgan fingerprint density at radius 2 is 2.00 bits per heavy atom. The number of hydrogen-bond donors (Lipinski definition) is 1. The van der Waals surface area contributed by atoms with Crippen molar-refractivity contribution >= 4 is 17.8 Å². The van der Waals surface area contributed by atoms with Gasteiger partial charge in [0.25, 0.3) is 0 Å². The highest BCUT2D eigenvalue weighted by atomic mass is 16.5. The van der Waals surface area contributed by atoms with Crippen LogP contribution in [0.5, 0.6) is 5.75 Å². The first kappa shape index (κ1) is 18.2. The maximum Gasteiger partial charge on any atom is 0.325 e. The number of ether oxygens (including phenoxy) is 2. The van der Waals surface area contributed by atoms with Gasteiger partial charge < -0.3 is 14.4 Å². The van der Waals surface area contributed by atoms with Crippen LogP contribution in [0.2, 0.25) is 0 Å². The standard InChI is InChI=1S/C17H20N4O4/c1-4-25-16(22)10-21(2)17(23)20-15-9-13(18-11-19-15)12-7-5-6-8-14(12)24-3/h5-9,11H,4,10H2,1-3H3,(H,18,19,20,23). The van der Waals surface area contributed by atoms with Gasteiger partial charge in [0.2, 0.25) is 0 Å². The van der Waals surface area contributed by atoms with Crippen LogP contribution < -0.4 is 10.1 Å². The van der Waals surface area contributed by atoms with Crippen molar-refractivity contribution in [1.29, 1.82) is 0 Å². The number of rotatable bonds is 6. The third kappa shape index (κ3) is 4.90. The summed E-state index contributed by atoms with van der Waals surface area (Å²) >= 11 is 0. The van der Waals surface area contributed by atoms with E-state index >= 15 is 0 Å². The van der Waals surface area contributed by atoms with Gasteiger partial charge in [-0.2, -0.15) is 0 Å². The van der Waals surface area contributed by atoms with Gasteiger partial charge in [-0.05, 0) is 19.1 Å². The highest BCUT2D eigenvalue weighted by molar-refractivity contribution is 5.91. The molecule has 0 saturated carbocycles. The van der Waals surface area contributed by atoms with Crippen LogP contribution in [0.4, 0.5) is 10.6 Å². The Bertz CT molecular complexity index is 751. The van der Waals surface area contributed by atoms with Crippen molar-refractivity contribution < 1.29 is 19.1 Å². The van der Waals surface area contributed by atoms with Crippen LogP contribution in [0.1, 0.15) is 6.92 Å². The van der Waals surface area contributed by atoms with E-state index in [4.69, 9.17) is 9.47 Å². The lowest BCUT2D eigenvalue weighted by atomic mass is 10.1. The smallest absolute Gasteiger partial charge is 0.325 e. The van der Waals surface area contributed by atoms with Crippen molar-refractivity contribution in [2.24, 2.45) is 0 Å². The molecule has 1 N–H and O–H groups in total. The molecular formula is C17H20N4O4. The zero-order valence-corrected chi connectivity index (χ0v) is 14.4. The van der Waals surface area contributed by atoms with E-state index in [0.29, 0.717) is 17.3 Å². The van der Waals surface area contributed by atoms with E-state index in [2.05, 4.69) is 15.3 Å². The second-order valence-corrected chi connectivity index (χ2v) is 5.08. The minimum absolute atomic E-state index is 0.149. The third-order valence-corrected chi connectivity index (χ3v) is 3.30. The zero-order valence-electron chi connectivity index (χ0n) is 14.4. The molecule has 0 saturated heterocycles. The van der Waals surface area contributed by atoms with Crippen molar-refractivity contribution in [2.75, 3.05) is 32.6 Å². The maximum atomic E-state index is 12.1. The van der Waals surface area contributed by atoms with Gasteiger partial charge in [0, 0.05) is 18.7 Å². The average Bonchev–Trinajstić information content (AvgIpc) is 2.62. The molecular weight excluding hydrogens is 324 g/mol. The number of benzene rings is 1. The molecule has 0 aliphatic carbocycles. The molecule has 8 heteroatoms. The first-order chi connectivity index (χ1) is 12.0. The van der Waals surface area contributed by atoms with Crippen LogP contribution in [0, 0.1) is 0 Å². The summed E-state index contributed by atoms with van der Waals surface area (Å²) in [5, 5.41) is 2.62. The Kier molecular flexibility index (Phi) is 6.27. The molecule has 1 aromatic carbocycles. The van der Waals surface area contributed by atoms with E-state index in [0.717, 1.165) is 5.56 Å². The Labute approximate surface area is 145 Å². The molecule has 2 aromatic rings. The number of carbonyl (C=O) groups excluding carboxylic acids is 2. The average molecular weight is 344 g/mol. The maximum absolute atomic E-state index is 12.1. The van der Waals surface area contributed by atoms with Crippen LogP contribution >= 0.6 is 0 Å². The van der Waals surface area contributed by atoms with E-state index in [1.165, 1.54) is 18.3 Å². The van der Waals surface area contributed by atoms with Crippen molar-refractivity contribution in [3.63, 3.8) is 0 Å². The molecule has 0 radical (unpaired) electrons. The lowest BCUT2D eigenvalue weighted by Crippen LogP contribution is -2.36. The molecule has 2 amide bonds. The van der Waals surface area contributed by atoms with Gasteiger partial charge in [-0.15, -0.1) is 0 Å². The Morgan fingerprint density at radius 1 is 1.24 bits per heavy atom. The number of carbonyl (C=O) groups is 2. The first-order valence-electron chi connectivity index (χ1n) is 7.68. The molecule has 1 heterocycles. The predicted molar refractivity (Wildman–Crippen MR) is 92.3 cm³/mol. The number of anilines is 1. The number of para-hydroxylation sites is 1. The minimum Gasteiger partial charge on any atom is -0.496 e. The van der Waals surface area contributed by atoms with Gasteiger partial charge in [0.15, 0.2) is 0 Å². The molecule has 1 aromatic heterocycles. The summed E-state index contributed by atoms with van der Waals surface area (Å²) in [5.74, 6) is 0.507. The summed E-state index contributed by atoms with van der Waals surface area (Å²) in [6, 6.07) is 8.57. The Morgan fingerprint density at radius 3 is 2.72 bits per heavy atom. The zero-order chi connectivity index (χ0) is 18.2. The number of methoxy groups -OCH3 is 1. The normalized spacial score (nSPS) is 10.0. The Hall–Kier alpha value is -3.16. The van der Waals surface area contributed by atoms with E-state index in [1.54, 1.807) is 20.1 Å². The molecule has 0 unspecified atom stereocenters. The Balaban J connectivity index is 2.11. The quantitative estimate of drug-likeness (QED) is 0.807. The van der Waals surface area contributed by atoms with Gasteiger partial charge in [-0.25, -0.2) is 14.8 Å². The third-order valence-electron chi connectivity index (χ3n) is 3.30. The van der Waals surface area contributed by atoms with Crippen LogP contribution in [-0.2, 0) is 9.53 Å². The topological polar surface area (TPSA) is 93.7 Å². The number of amides is 2. The monoisotopic (exact) mass is 344 g/mol. The molecule has 0 spiro atoms. The first-order valence-corrected chi connectivity index (χ1v) is 7.68. The number of aromatic nitrogens is 2. The summed E-state index contributed by atoms with van der Waals surface area (Å²) in [6.45, 7) is 1.82. The molecule has 2 rings (SSSR count). The van der Waals surface area contributed by atoms with Crippen molar-refractivity contribution in [3.05, 3.63) is 36.7 Å². The van der Waals surface area contributed by atoms with Crippen LogP contribution in [0.3, 0.4) is 0 Å². The minimum atomic E-state index is -0.474. The fourth-order valence-electron chi connectivity index (χ4n) is 2.11. The van der Waals surface area contributed by atoms with Crippen LogP contribution in [0.15, 0.2) is 36.7 Å². The number of esters is 1. The molecule has 132 valence electrons. The highest BCUT2D eigenvalue weighted by Crippen LogP contribution is 2.28. The SMILES string of the molecule is CCOC(=O)CN(C)C(=O)Nc1cc(-c2ccccc2OC)ncn1. The summed E-state index contributed by atoms with van der Waals surface area (Å²) in [4.78, 5) is 33.0. The number of nitrogens with zero attached hydrogens (tertiary/aromatic N) is 3. The second-order valence-electron chi connectivity index (χ2n) is 5.08. The van der Waals surface area contributed by atoms with Gasteiger partial charge >= 0.3 is 12.0 Å².